The average Bonchev–Trinajstić information content (AvgIpc) is 3.49. The monoisotopic (exact) mass is 455 g/mol. The molecule has 2 aromatic carbocycles. The molecule has 1 aliphatic heterocycles. The number of nitrogens with one attached hydrogen (secondary N) is 1. The van der Waals surface area contributed by atoms with Gasteiger partial charge in [0.15, 0.2) is 0 Å². The number of amides is 2. The lowest BCUT2D eigenvalue weighted by molar-refractivity contribution is -0.118. The number of piperidine rings is 1. The SMILES string of the molecule is Cc1cc(C)cc(NC(=O)[C@H]2CC23CCN(C(=O)c2cc(C)nc4c(C)c(C)ccc24)CC3)c1. The molecule has 5 heteroatoms. The molecule has 1 N–H and O–H groups in total. The molecule has 1 atom stereocenters. The van der Waals surface area contributed by atoms with Gasteiger partial charge >= 0.3 is 0 Å². The van der Waals surface area contributed by atoms with E-state index in [0.29, 0.717) is 13.1 Å². The van der Waals surface area contributed by atoms with Crippen molar-refractivity contribution in [2.24, 2.45) is 11.3 Å². The molecular formula is C29H33N3O2. The third kappa shape index (κ3) is 3.97. The fraction of sp³-hybridized carbons (Fsp3) is 0.414. The summed E-state index contributed by atoms with van der Waals surface area (Å²) in [5.41, 5.74) is 8.05. The smallest absolute Gasteiger partial charge is 0.254 e. The van der Waals surface area contributed by atoms with Crippen molar-refractivity contribution in [2.75, 3.05) is 18.4 Å². The Bertz CT molecular complexity index is 1300. The molecule has 1 spiro atoms. The molecule has 5 nitrogen and oxygen atoms in total. The van der Waals surface area contributed by atoms with Crippen LogP contribution in [0.2, 0.25) is 0 Å². The Morgan fingerprint density at radius 2 is 1.65 bits per heavy atom. The van der Waals surface area contributed by atoms with Gasteiger partial charge in [0.2, 0.25) is 5.91 Å². The fourth-order valence-corrected chi connectivity index (χ4v) is 5.71. The van der Waals surface area contributed by atoms with Crippen molar-refractivity contribution in [3.05, 3.63) is 69.9 Å². The van der Waals surface area contributed by atoms with Crippen LogP contribution in [0.25, 0.3) is 10.9 Å². The van der Waals surface area contributed by atoms with E-state index < -0.39 is 0 Å². The highest BCUT2D eigenvalue weighted by atomic mass is 16.2. The van der Waals surface area contributed by atoms with Crippen LogP contribution in [0.15, 0.2) is 36.4 Å². The Balaban J connectivity index is 1.28. The Morgan fingerprint density at radius 1 is 0.971 bits per heavy atom. The summed E-state index contributed by atoms with van der Waals surface area (Å²) in [6, 6.07) is 12.2. The van der Waals surface area contributed by atoms with E-state index in [2.05, 4.69) is 31.3 Å². The van der Waals surface area contributed by atoms with E-state index in [0.717, 1.165) is 63.8 Å². The zero-order valence-electron chi connectivity index (χ0n) is 20.8. The lowest BCUT2D eigenvalue weighted by atomic mass is 9.90. The molecule has 1 saturated carbocycles. The second kappa shape index (κ2) is 8.23. The second-order valence-corrected chi connectivity index (χ2v) is 10.5. The molecule has 1 aromatic heterocycles. The topological polar surface area (TPSA) is 62.3 Å². The van der Waals surface area contributed by atoms with Crippen molar-refractivity contribution in [2.45, 2.75) is 53.9 Å². The van der Waals surface area contributed by atoms with E-state index in [4.69, 9.17) is 4.98 Å². The number of fused-ring (bicyclic) bond motifs is 1. The number of aryl methyl sites for hydroxylation is 5. The highest BCUT2D eigenvalue weighted by Crippen LogP contribution is 2.59. The van der Waals surface area contributed by atoms with Crippen LogP contribution in [0.4, 0.5) is 5.69 Å². The Labute approximate surface area is 201 Å². The maximum absolute atomic E-state index is 13.5. The molecule has 0 bridgehead atoms. The molecule has 176 valence electrons. The summed E-state index contributed by atoms with van der Waals surface area (Å²) in [4.78, 5) is 33.2. The van der Waals surface area contributed by atoms with Gasteiger partial charge in [0.25, 0.3) is 5.91 Å². The van der Waals surface area contributed by atoms with Gasteiger partial charge in [-0.2, -0.15) is 0 Å². The van der Waals surface area contributed by atoms with E-state index in [-0.39, 0.29) is 23.1 Å². The van der Waals surface area contributed by atoms with Crippen molar-refractivity contribution in [1.29, 1.82) is 0 Å². The summed E-state index contributed by atoms with van der Waals surface area (Å²) in [5.74, 6) is 0.233. The molecule has 1 saturated heterocycles. The summed E-state index contributed by atoms with van der Waals surface area (Å²) in [7, 11) is 0. The van der Waals surface area contributed by atoms with E-state index >= 15 is 0 Å². The van der Waals surface area contributed by atoms with Crippen LogP contribution in [0.5, 0.6) is 0 Å². The van der Waals surface area contributed by atoms with Gasteiger partial charge in [-0.1, -0.05) is 18.2 Å². The quantitative estimate of drug-likeness (QED) is 0.554. The number of carbonyl (C=O) groups excluding carboxylic acids is 2. The Hall–Kier alpha value is -3.21. The zero-order valence-corrected chi connectivity index (χ0v) is 20.8. The normalized spacial score (nSPS) is 18.9. The van der Waals surface area contributed by atoms with Gasteiger partial charge in [0.1, 0.15) is 0 Å². The number of likely N-dealkylation sites (tertiary alicyclic amines) is 1. The number of benzene rings is 2. The zero-order chi connectivity index (χ0) is 24.2. The molecule has 2 amide bonds. The highest BCUT2D eigenvalue weighted by Gasteiger charge is 2.58. The largest absolute Gasteiger partial charge is 0.339 e. The van der Waals surface area contributed by atoms with E-state index in [1.807, 2.05) is 49.9 Å². The standard InChI is InChI=1S/C29H33N3O2/c1-17-12-18(2)14-22(13-17)31-27(33)25-16-29(25)8-10-32(11-9-29)28(34)24-15-20(4)30-26-21(5)19(3)6-7-23(24)26/h6-7,12-15,25H,8-11,16H2,1-5H3,(H,31,33)/t25-/m1/s1. The lowest BCUT2D eigenvalue weighted by Crippen LogP contribution is -2.40. The van der Waals surface area contributed by atoms with Crippen molar-refractivity contribution in [3.63, 3.8) is 0 Å². The summed E-state index contributed by atoms with van der Waals surface area (Å²) in [6.45, 7) is 11.6. The molecule has 0 unspecified atom stereocenters. The Kier molecular flexibility index (Phi) is 5.46. The van der Waals surface area contributed by atoms with E-state index in [1.54, 1.807) is 0 Å². The number of anilines is 1. The molecule has 34 heavy (non-hydrogen) atoms. The minimum absolute atomic E-state index is 0.0418. The van der Waals surface area contributed by atoms with Crippen molar-refractivity contribution in [1.82, 2.24) is 9.88 Å². The first-order chi connectivity index (χ1) is 16.2. The fourth-order valence-electron chi connectivity index (χ4n) is 5.71. The number of pyridine rings is 1. The van der Waals surface area contributed by atoms with Crippen molar-refractivity contribution >= 4 is 28.4 Å². The van der Waals surface area contributed by atoms with Crippen LogP contribution in [0.1, 0.15) is 57.6 Å². The number of nitrogens with zero attached hydrogens (tertiary/aromatic N) is 2. The number of aromatic nitrogens is 1. The predicted molar refractivity (Wildman–Crippen MR) is 136 cm³/mol. The van der Waals surface area contributed by atoms with Gasteiger partial charge in [-0.15, -0.1) is 0 Å². The third-order valence-corrected chi connectivity index (χ3v) is 7.91. The summed E-state index contributed by atoms with van der Waals surface area (Å²) in [5, 5.41) is 4.05. The maximum Gasteiger partial charge on any atom is 0.254 e. The van der Waals surface area contributed by atoms with Crippen molar-refractivity contribution in [3.8, 4) is 0 Å². The minimum Gasteiger partial charge on any atom is -0.339 e. The molecule has 2 fully saturated rings. The number of hydrogen-bond donors (Lipinski definition) is 1. The first-order valence-electron chi connectivity index (χ1n) is 12.2. The molecule has 1 aliphatic carbocycles. The van der Waals surface area contributed by atoms with E-state index in [1.165, 1.54) is 5.56 Å². The van der Waals surface area contributed by atoms with Crippen LogP contribution >= 0.6 is 0 Å². The molecular weight excluding hydrogens is 422 g/mol. The van der Waals surface area contributed by atoms with E-state index in [9.17, 15) is 9.59 Å². The maximum atomic E-state index is 13.5. The average molecular weight is 456 g/mol. The highest BCUT2D eigenvalue weighted by molar-refractivity contribution is 6.07. The van der Waals surface area contributed by atoms with Gasteiger partial charge in [0.05, 0.1) is 11.1 Å². The summed E-state index contributed by atoms with van der Waals surface area (Å²) >= 11 is 0. The third-order valence-electron chi connectivity index (χ3n) is 7.91. The first-order valence-corrected chi connectivity index (χ1v) is 12.2. The second-order valence-electron chi connectivity index (χ2n) is 10.5. The number of rotatable bonds is 3. The summed E-state index contributed by atoms with van der Waals surface area (Å²) in [6.07, 6.45) is 2.68. The molecule has 5 rings (SSSR count). The van der Waals surface area contributed by atoms with Crippen LogP contribution in [0, 0.1) is 46.0 Å². The summed E-state index contributed by atoms with van der Waals surface area (Å²) < 4.78 is 0. The van der Waals surface area contributed by atoms with Gasteiger partial charge in [-0.05, 0) is 99.7 Å². The minimum atomic E-state index is 0.0418. The molecule has 2 aliphatic rings. The van der Waals surface area contributed by atoms with Crippen LogP contribution in [-0.2, 0) is 4.79 Å². The predicted octanol–water partition coefficient (Wildman–Crippen LogP) is 5.66. The number of carbonyl (C=O) groups is 2. The first kappa shape index (κ1) is 22.6. The van der Waals surface area contributed by atoms with Gasteiger partial charge in [0, 0.05) is 35.8 Å². The Morgan fingerprint density at radius 3 is 2.32 bits per heavy atom. The lowest BCUT2D eigenvalue weighted by Gasteiger charge is -2.33. The van der Waals surface area contributed by atoms with Crippen LogP contribution in [-0.4, -0.2) is 34.8 Å². The number of hydrogen-bond acceptors (Lipinski definition) is 3. The van der Waals surface area contributed by atoms with Gasteiger partial charge < -0.3 is 10.2 Å². The van der Waals surface area contributed by atoms with Crippen molar-refractivity contribution < 1.29 is 9.59 Å². The van der Waals surface area contributed by atoms with Gasteiger partial charge in [-0.3, -0.25) is 14.6 Å². The molecule has 0 radical (unpaired) electrons. The van der Waals surface area contributed by atoms with Crippen LogP contribution < -0.4 is 5.32 Å². The van der Waals surface area contributed by atoms with Gasteiger partial charge in [-0.25, -0.2) is 0 Å². The van der Waals surface area contributed by atoms with Crippen LogP contribution in [0.3, 0.4) is 0 Å². The molecule has 2 heterocycles. The molecule has 3 aromatic rings.